The van der Waals surface area contributed by atoms with Gasteiger partial charge in [0.1, 0.15) is 5.69 Å². The van der Waals surface area contributed by atoms with E-state index < -0.39 is 0 Å². The average Bonchev–Trinajstić information content (AvgIpc) is 3.21. The molecule has 2 aromatic heterocycles. The van der Waals surface area contributed by atoms with Crippen molar-refractivity contribution in [2.75, 3.05) is 13.1 Å². The first-order valence-corrected chi connectivity index (χ1v) is 10.2. The van der Waals surface area contributed by atoms with Crippen LogP contribution in [0.2, 0.25) is 0 Å². The molecule has 1 amide bonds. The molecule has 4 rings (SSSR count). The van der Waals surface area contributed by atoms with Crippen LogP contribution in [0.5, 0.6) is 0 Å². The fraction of sp³-hybridized carbons (Fsp3) is 0.579. The molecule has 1 N–H and O–H groups in total. The quantitative estimate of drug-likeness (QED) is 0.914. The van der Waals surface area contributed by atoms with Gasteiger partial charge in [0.15, 0.2) is 0 Å². The van der Waals surface area contributed by atoms with Crippen molar-refractivity contribution in [2.24, 2.45) is 7.05 Å². The van der Waals surface area contributed by atoms with Crippen LogP contribution in [0, 0.1) is 0 Å². The minimum atomic E-state index is 0.0566. The predicted octanol–water partition coefficient (Wildman–Crippen LogP) is 2.75. The first-order chi connectivity index (χ1) is 12.2. The maximum absolute atomic E-state index is 12.9. The number of nitrogens with zero attached hydrogens (tertiary/aromatic N) is 3. The summed E-state index contributed by atoms with van der Waals surface area (Å²) >= 11 is 1.81. The molecule has 1 fully saturated rings. The van der Waals surface area contributed by atoms with Crippen molar-refractivity contribution in [3.63, 3.8) is 0 Å². The number of carbonyl (C=O) groups is 1. The lowest BCUT2D eigenvalue weighted by Gasteiger charge is -2.32. The maximum atomic E-state index is 12.9. The molecular weight excluding hydrogens is 332 g/mol. The summed E-state index contributed by atoms with van der Waals surface area (Å²) in [5, 5.41) is 9.99. The van der Waals surface area contributed by atoms with Crippen molar-refractivity contribution in [2.45, 2.75) is 51.1 Å². The number of hydrogen-bond donors (Lipinski definition) is 1. The Balaban J connectivity index is 1.41. The van der Waals surface area contributed by atoms with E-state index in [1.54, 1.807) is 16.0 Å². The predicted molar refractivity (Wildman–Crippen MR) is 99.9 cm³/mol. The standard InChI is InChI=1S/C19H26N4OS/c1-22-18(16-8-2-3-9-17(16)21-22)19(24)20-14-6-4-10-23(12-14)13-15-7-5-11-25-15/h5,7,11,14H,2-4,6,8-10,12-13H2,1H3,(H,20,24). The van der Waals surface area contributed by atoms with E-state index in [1.807, 2.05) is 7.05 Å². The third-order valence-electron chi connectivity index (χ3n) is 5.33. The molecule has 1 atom stereocenters. The van der Waals surface area contributed by atoms with Crippen molar-refractivity contribution in [1.29, 1.82) is 0 Å². The van der Waals surface area contributed by atoms with Crippen molar-refractivity contribution >= 4 is 17.2 Å². The highest BCUT2D eigenvalue weighted by Gasteiger charge is 2.27. The summed E-state index contributed by atoms with van der Waals surface area (Å²) in [5.41, 5.74) is 3.09. The number of amides is 1. The molecule has 0 radical (unpaired) electrons. The highest BCUT2D eigenvalue weighted by Crippen LogP contribution is 2.24. The van der Waals surface area contributed by atoms with Gasteiger partial charge in [-0.2, -0.15) is 5.10 Å². The number of carbonyl (C=O) groups excluding carboxylic acids is 1. The van der Waals surface area contributed by atoms with E-state index in [0.29, 0.717) is 0 Å². The molecule has 1 saturated heterocycles. The number of likely N-dealkylation sites (tertiary alicyclic amines) is 1. The molecule has 0 bridgehead atoms. The Morgan fingerprint density at radius 2 is 2.24 bits per heavy atom. The molecule has 1 aliphatic heterocycles. The van der Waals surface area contributed by atoms with E-state index in [1.165, 1.54) is 16.9 Å². The number of nitrogens with one attached hydrogen (secondary N) is 1. The maximum Gasteiger partial charge on any atom is 0.270 e. The molecule has 1 aliphatic carbocycles. The normalized spacial score (nSPS) is 21.1. The molecule has 134 valence electrons. The van der Waals surface area contributed by atoms with Gasteiger partial charge in [0.2, 0.25) is 0 Å². The van der Waals surface area contributed by atoms with Gasteiger partial charge in [-0.3, -0.25) is 14.4 Å². The number of aromatic nitrogens is 2. The zero-order chi connectivity index (χ0) is 17.2. The fourth-order valence-electron chi connectivity index (χ4n) is 4.16. The van der Waals surface area contributed by atoms with E-state index in [9.17, 15) is 4.79 Å². The van der Waals surface area contributed by atoms with Gasteiger partial charge < -0.3 is 5.32 Å². The van der Waals surface area contributed by atoms with Crippen LogP contribution in [0.1, 0.15) is 52.3 Å². The van der Waals surface area contributed by atoms with Gasteiger partial charge >= 0.3 is 0 Å². The SMILES string of the molecule is Cn1nc2c(c1C(=O)NC1CCCN(Cc3cccs3)C1)CCCC2. The molecule has 0 saturated carbocycles. The molecule has 0 aromatic carbocycles. The lowest BCUT2D eigenvalue weighted by atomic mass is 9.95. The number of thiophene rings is 1. The molecule has 5 nitrogen and oxygen atoms in total. The number of hydrogen-bond acceptors (Lipinski definition) is 4. The second-order valence-electron chi connectivity index (χ2n) is 7.23. The average molecular weight is 359 g/mol. The third kappa shape index (κ3) is 3.65. The Hall–Kier alpha value is -1.66. The van der Waals surface area contributed by atoms with E-state index >= 15 is 0 Å². The van der Waals surface area contributed by atoms with Crippen molar-refractivity contribution < 1.29 is 4.79 Å². The van der Waals surface area contributed by atoms with Crippen LogP contribution >= 0.6 is 11.3 Å². The molecule has 2 aliphatic rings. The van der Waals surface area contributed by atoms with Gasteiger partial charge in [-0.25, -0.2) is 0 Å². The van der Waals surface area contributed by atoms with Crippen LogP contribution < -0.4 is 5.32 Å². The van der Waals surface area contributed by atoms with Gasteiger partial charge in [0.25, 0.3) is 5.91 Å². The first kappa shape index (κ1) is 16.8. The largest absolute Gasteiger partial charge is 0.347 e. The summed E-state index contributed by atoms with van der Waals surface area (Å²) in [5.74, 6) is 0.0566. The molecule has 0 spiro atoms. The van der Waals surface area contributed by atoms with Crippen molar-refractivity contribution in [3.8, 4) is 0 Å². The van der Waals surface area contributed by atoms with Crippen LogP contribution in [-0.2, 0) is 26.4 Å². The van der Waals surface area contributed by atoms with Crippen LogP contribution in [-0.4, -0.2) is 39.7 Å². The second kappa shape index (κ2) is 7.30. The molecule has 2 aromatic rings. The minimum Gasteiger partial charge on any atom is -0.347 e. The molecule has 3 heterocycles. The molecular formula is C19H26N4OS. The Morgan fingerprint density at radius 1 is 1.36 bits per heavy atom. The number of fused-ring (bicyclic) bond motifs is 1. The van der Waals surface area contributed by atoms with Gasteiger partial charge in [-0.15, -0.1) is 11.3 Å². The zero-order valence-electron chi connectivity index (χ0n) is 14.8. The Labute approximate surface area is 153 Å². The van der Waals surface area contributed by atoms with Gasteiger partial charge in [0, 0.05) is 36.6 Å². The summed E-state index contributed by atoms with van der Waals surface area (Å²) < 4.78 is 1.79. The van der Waals surface area contributed by atoms with E-state index in [-0.39, 0.29) is 11.9 Å². The summed E-state index contributed by atoms with van der Waals surface area (Å²) in [6.45, 7) is 3.04. The zero-order valence-corrected chi connectivity index (χ0v) is 15.6. The summed E-state index contributed by atoms with van der Waals surface area (Å²) in [6.07, 6.45) is 6.55. The molecule has 1 unspecified atom stereocenters. The van der Waals surface area contributed by atoms with Crippen LogP contribution in [0.4, 0.5) is 0 Å². The number of aryl methyl sites for hydroxylation is 2. The first-order valence-electron chi connectivity index (χ1n) is 9.31. The summed E-state index contributed by atoms with van der Waals surface area (Å²) in [7, 11) is 1.90. The number of rotatable bonds is 4. The molecule has 25 heavy (non-hydrogen) atoms. The Kier molecular flexibility index (Phi) is 4.90. The molecule has 6 heteroatoms. The summed E-state index contributed by atoms with van der Waals surface area (Å²) in [4.78, 5) is 16.8. The Morgan fingerprint density at radius 3 is 3.08 bits per heavy atom. The van der Waals surface area contributed by atoms with Gasteiger partial charge in [-0.1, -0.05) is 6.07 Å². The van der Waals surface area contributed by atoms with Crippen molar-refractivity contribution in [3.05, 3.63) is 39.3 Å². The van der Waals surface area contributed by atoms with E-state index in [0.717, 1.165) is 63.1 Å². The smallest absolute Gasteiger partial charge is 0.270 e. The van der Waals surface area contributed by atoms with Crippen LogP contribution in [0.15, 0.2) is 17.5 Å². The van der Waals surface area contributed by atoms with Crippen molar-refractivity contribution in [1.82, 2.24) is 20.0 Å². The summed E-state index contributed by atoms with van der Waals surface area (Å²) in [6, 6.07) is 4.53. The minimum absolute atomic E-state index is 0.0566. The monoisotopic (exact) mass is 358 g/mol. The van der Waals surface area contributed by atoms with Crippen LogP contribution in [0.3, 0.4) is 0 Å². The van der Waals surface area contributed by atoms with Gasteiger partial charge in [0.05, 0.1) is 5.69 Å². The van der Waals surface area contributed by atoms with Gasteiger partial charge in [-0.05, 0) is 56.5 Å². The fourth-order valence-corrected chi connectivity index (χ4v) is 4.91. The van der Waals surface area contributed by atoms with E-state index in [4.69, 9.17) is 0 Å². The lowest BCUT2D eigenvalue weighted by Crippen LogP contribution is -2.47. The topological polar surface area (TPSA) is 50.2 Å². The van der Waals surface area contributed by atoms with E-state index in [2.05, 4.69) is 32.8 Å². The number of piperidine rings is 1. The highest BCUT2D eigenvalue weighted by molar-refractivity contribution is 7.09. The third-order valence-corrected chi connectivity index (χ3v) is 6.20. The lowest BCUT2D eigenvalue weighted by molar-refractivity contribution is 0.0890. The highest BCUT2D eigenvalue weighted by atomic mass is 32.1. The van der Waals surface area contributed by atoms with Crippen LogP contribution in [0.25, 0.3) is 0 Å². The Bertz CT molecular complexity index is 737. The second-order valence-corrected chi connectivity index (χ2v) is 8.26.